The van der Waals surface area contributed by atoms with Gasteiger partial charge in [-0.15, -0.1) is 0 Å². The third-order valence-corrected chi connectivity index (χ3v) is 5.34. The van der Waals surface area contributed by atoms with Gasteiger partial charge in [-0.3, -0.25) is 4.79 Å². The Morgan fingerprint density at radius 1 is 1.30 bits per heavy atom. The maximum atomic E-state index is 13.0. The van der Waals surface area contributed by atoms with Gasteiger partial charge in [0, 0.05) is 18.5 Å². The van der Waals surface area contributed by atoms with Crippen molar-refractivity contribution in [1.29, 1.82) is 0 Å². The average molecular weight is 344 g/mol. The number of amides is 1. The lowest BCUT2D eigenvalue weighted by Gasteiger charge is -2.27. The molecule has 0 unspecified atom stereocenters. The molecule has 0 saturated carbocycles. The Kier molecular flexibility index (Phi) is 4.79. The number of nitrogens with zero attached hydrogens (tertiary/aromatic N) is 1. The summed E-state index contributed by atoms with van der Waals surface area (Å²) in [6.45, 7) is 5.20. The molecule has 23 heavy (non-hydrogen) atoms. The summed E-state index contributed by atoms with van der Waals surface area (Å²) in [6, 6.07) is 3.40. The second-order valence-corrected chi connectivity index (χ2v) is 8.56. The molecule has 6 nitrogen and oxygen atoms in total. The van der Waals surface area contributed by atoms with Gasteiger partial charge in [-0.2, -0.15) is 4.31 Å². The Bertz CT molecular complexity index is 682. The van der Waals surface area contributed by atoms with Crippen LogP contribution in [0, 0.1) is 5.82 Å². The van der Waals surface area contributed by atoms with Gasteiger partial charge >= 0.3 is 0 Å². The van der Waals surface area contributed by atoms with E-state index < -0.39 is 39.4 Å². The van der Waals surface area contributed by atoms with Crippen molar-refractivity contribution in [2.75, 3.05) is 6.54 Å². The number of aliphatic hydroxyl groups excluding tert-OH is 1. The van der Waals surface area contributed by atoms with E-state index in [1.54, 1.807) is 20.8 Å². The zero-order valence-electron chi connectivity index (χ0n) is 13.3. The summed E-state index contributed by atoms with van der Waals surface area (Å²) in [5.74, 6) is -1.01. The van der Waals surface area contributed by atoms with Gasteiger partial charge < -0.3 is 10.4 Å². The first-order valence-electron chi connectivity index (χ1n) is 7.28. The fraction of sp³-hybridized carbons (Fsp3) is 0.533. The zero-order valence-corrected chi connectivity index (χ0v) is 14.1. The van der Waals surface area contributed by atoms with Crippen molar-refractivity contribution in [1.82, 2.24) is 9.62 Å². The van der Waals surface area contributed by atoms with Crippen LogP contribution in [0.25, 0.3) is 0 Å². The van der Waals surface area contributed by atoms with Gasteiger partial charge in [0.2, 0.25) is 15.9 Å². The van der Waals surface area contributed by atoms with Crippen LogP contribution in [0.3, 0.4) is 0 Å². The molecule has 1 aliphatic heterocycles. The molecule has 2 N–H and O–H groups in total. The summed E-state index contributed by atoms with van der Waals surface area (Å²) in [5, 5.41) is 12.6. The number of rotatable bonds is 3. The van der Waals surface area contributed by atoms with E-state index in [1.165, 1.54) is 0 Å². The van der Waals surface area contributed by atoms with E-state index in [4.69, 9.17) is 0 Å². The van der Waals surface area contributed by atoms with Gasteiger partial charge in [0.1, 0.15) is 11.9 Å². The number of aliphatic hydroxyl groups is 1. The number of halogens is 1. The molecule has 0 aromatic heterocycles. The highest BCUT2D eigenvalue weighted by Crippen LogP contribution is 2.27. The summed E-state index contributed by atoms with van der Waals surface area (Å²) in [6.07, 6.45) is -0.886. The largest absolute Gasteiger partial charge is 0.392 e. The minimum Gasteiger partial charge on any atom is -0.392 e. The second-order valence-electron chi connectivity index (χ2n) is 6.67. The molecule has 1 aliphatic rings. The first-order chi connectivity index (χ1) is 10.5. The van der Waals surface area contributed by atoms with Gasteiger partial charge in [-0.25, -0.2) is 12.8 Å². The fourth-order valence-electron chi connectivity index (χ4n) is 2.48. The number of hydrogen-bond acceptors (Lipinski definition) is 4. The molecule has 1 aromatic rings. The molecule has 1 saturated heterocycles. The van der Waals surface area contributed by atoms with Crippen LogP contribution < -0.4 is 5.32 Å². The van der Waals surface area contributed by atoms with E-state index in [9.17, 15) is 22.7 Å². The Labute approximate surface area is 135 Å². The molecule has 128 valence electrons. The SMILES string of the molecule is CC(C)(C)NC(=O)[C@H]1C[C@@H](O)CN1S(=O)(=O)c1ccc(F)cc1. The van der Waals surface area contributed by atoms with Crippen LogP contribution in [-0.4, -0.2) is 48.0 Å². The summed E-state index contributed by atoms with van der Waals surface area (Å²) in [7, 11) is -3.99. The molecular formula is C15H21FN2O4S. The van der Waals surface area contributed by atoms with Crippen molar-refractivity contribution in [3.05, 3.63) is 30.1 Å². The molecule has 0 radical (unpaired) electrons. The molecule has 2 rings (SSSR count). The molecule has 1 aromatic carbocycles. The van der Waals surface area contributed by atoms with E-state index in [0.717, 1.165) is 28.6 Å². The van der Waals surface area contributed by atoms with Crippen LogP contribution in [0.15, 0.2) is 29.2 Å². The van der Waals surface area contributed by atoms with Crippen LogP contribution in [0.2, 0.25) is 0 Å². The van der Waals surface area contributed by atoms with E-state index in [2.05, 4.69) is 5.32 Å². The van der Waals surface area contributed by atoms with E-state index in [0.29, 0.717) is 0 Å². The number of carbonyl (C=O) groups is 1. The number of β-amino-alcohol motifs (C(OH)–C–C–N with tert-alkyl or cyclic N) is 1. The zero-order chi connectivity index (χ0) is 17.4. The van der Waals surface area contributed by atoms with Crippen LogP contribution in [0.4, 0.5) is 4.39 Å². The Morgan fingerprint density at radius 3 is 2.39 bits per heavy atom. The van der Waals surface area contributed by atoms with E-state index >= 15 is 0 Å². The van der Waals surface area contributed by atoms with Crippen LogP contribution in [0.1, 0.15) is 27.2 Å². The number of carbonyl (C=O) groups excluding carboxylic acids is 1. The maximum Gasteiger partial charge on any atom is 0.243 e. The van der Waals surface area contributed by atoms with Crippen molar-refractivity contribution in [3.63, 3.8) is 0 Å². The summed E-state index contributed by atoms with van der Waals surface area (Å²) >= 11 is 0. The number of hydrogen-bond donors (Lipinski definition) is 2. The standard InChI is InChI=1S/C15H21FN2O4S/c1-15(2,3)17-14(20)13-8-11(19)9-18(13)23(21,22)12-6-4-10(16)5-7-12/h4-7,11,13,19H,8-9H2,1-3H3,(H,17,20)/t11-,13-/m1/s1. The third kappa shape index (κ3) is 4.07. The molecule has 1 amide bonds. The monoisotopic (exact) mass is 344 g/mol. The van der Waals surface area contributed by atoms with Crippen LogP contribution in [-0.2, 0) is 14.8 Å². The van der Waals surface area contributed by atoms with Gasteiger partial charge in [-0.1, -0.05) is 0 Å². The van der Waals surface area contributed by atoms with Crippen molar-refractivity contribution in [2.24, 2.45) is 0 Å². The predicted octanol–water partition coefficient (Wildman–Crippen LogP) is 0.864. The molecule has 0 spiro atoms. The van der Waals surface area contributed by atoms with Gasteiger partial charge in [-0.05, 0) is 45.0 Å². The molecular weight excluding hydrogens is 323 g/mol. The second kappa shape index (κ2) is 6.18. The minimum absolute atomic E-state index is 0.0301. The Balaban J connectivity index is 2.31. The van der Waals surface area contributed by atoms with Crippen molar-refractivity contribution in [2.45, 2.75) is 49.8 Å². The van der Waals surface area contributed by atoms with Gasteiger partial charge in [0.05, 0.1) is 11.0 Å². The van der Waals surface area contributed by atoms with Crippen molar-refractivity contribution < 1.29 is 22.7 Å². The molecule has 0 aliphatic carbocycles. The van der Waals surface area contributed by atoms with E-state index in [1.807, 2.05) is 0 Å². The summed E-state index contributed by atoms with van der Waals surface area (Å²) < 4.78 is 39.3. The Hall–Kier alpha value is -1.51. The lowest BCUT2D eigenvalue weighted by Crippen LogP contribution is -2.51. The van der Waals surface area contributed by atoms with Crippen LogP contribution in [0.5, 0.6) is 0 Å². The van der Waals surface area contributed by atoms with Gasteiger partial charge in [0.15, 0.2) is 0 Å². The molecule has 1 heterocycles. The summed E-state index contributed by atoms with van der Waals surface area (Å²) in [4.78, 5) is 12.3. The highest BCUT2D eigenvalue weighted by Gasteiger charge is 2.44. The van der Waals surface area contributed by atoms with E-state index in [-0.39, 0.29) is 17.9 Å². The van der Waals surface area contributed by atoms with Crippen molar-refractivity contribution in [3.8, 4) is 0 Å². The fourth-order valence-corrected chi connectivity index (χ4v) is 4.12. The normalized spacial score (nSPS) is 23.0. The highest BCUT2D eigenvalue weighted by atomic mass is 32.2. The molecule has 0 bridgehead atoms. The smallest absolute Gasteiger partial charge is 0.243 e. The number of benzene rings is 1. The number of nitrogens with one attached hydrogen (secondary N) is 1. The molecule has 8 heteroatoms. The summed E-state index contributed by atoms with van der Waals surface area (Å²) in [5.41, 5.74) is -0.518. The quantitative estimate of drug-likeness (QED) is 0.852. The number of sulfonamides is 1. The Morgan fingerprint density at radius 2 is 1.87 bits per heavy atom. The minimum atomic E-state index is -3.99. The predicted molar refractivity (Wildman–Crippen MR) is 82.6 cm³/mol. The van der Waals surface area contributed by atoms with Crippen LogP contribution >= 0.6 is 0 Å². The molecule has 2 atom stereocenters. The first-order valence-corrected chi connectivity index (χ1v) is 8.72. The lowest BCUT2D eigenvalue weighted by molar-refractivity contribution is -0.125. The average Bonchev–Trinajstić information content (AvgIpc) is 2.80. The third-order valence-electron chi connectivity index (χ3n) is 3.45. The topological polar surface area (TPSA) is 86.7 Å². The van der Waals surface area contributed by atoms with Gasteiger partial charge in [0.25, 0.3) is 0 Å². The maximum absolute atomic E-state index is 13.0. The molecule has 1 fully saturated rings. The van der Waals surface area contributed by atoms with Crippen molar-refractivity contribution >= 4 is 15.9 Å². The first kappa shape index (κ1) is 17.8. The highest BCUT2D eigenvalue weighted by molar-refractivity contribution is 7.89. The lowest BCUT2D eigenvalue weighted by atomic mass is 10.1.